The highest BCUT2D eigenvalue weighted by molar-refractivity contribution is 5.82. The summed E-state index contributed by atoms with van der Waals surface area (Å²) in [4.78, 5) is 16.2. The van der Waals surface area contributed by atoms with E-state index in [9.17, 15) is 4.79 Å². The molecule has 1 saturated carbocycles. The lowest BCUT2D eigenvalue weighted by molar-refractivity contribution is -0.122. The van der Waals surface area contributed by atoms with Crippen molar-refractivity contribution in [2.75, 3.05) is 6.54 Å². The number of carbonyl (C=O) groups excluding carboxylic acids is 1. The second-order valence-corrected chi connectivity index (χ2v) is 6.24. The number of aromatic nitrogens is 3. The van der Waals surface area contributed by atoms with Crippen LogP contribution in [0.3, 0.4) is 0 Å². The van der Waals surface area contributed by atoms with Crippen LogP contribution in [0.4, 0.5) is 0 Å². The van der Waals surface area contributed by atoms with Crippen molar-refractivity contribution in [1.29, 1.82) is 0 Å². The molecule has 0 aliphatic heterocycles. The molecule has 2 aromatic rings. The minimum absolute atomic E-state index is 0.125. The summed E-state index contributed by atoms with van der Waals surface area (Å²) in [5.74, 6) is 2.00. The van der Waals surface area contributed by atoms with Crippen LogP contribution in [-0.2, 0) is 11.2 Å². The Morgan fingerprint density at radius 2 is 2.14 bits per heavy atom. The Bertz CT molecular complexity index is 619. The molecule has 0 spiro atoms. The molecule has 0 bridgehead atoms. The minimum atomic E-state index is 0.125. The summed E-state index contributed by atoms with van der Waals surface area (Å²) < 4.78 is 0. The fourth-order valence-electron chi connectivity index (χ4n) is 2.77. The van der Waals surface area contributed by atoms with Crippen LogP contribution in [0.1, 0.15) is 49.1 Å². The van der Waals surface area contributed by atoms with E-state index in [0.29, 0.717) is 24.8 Å². The molecule has 1 heterocycles. The number of nitrogens with zero attached hydrogens (tertiary/aromatic N) is 2. The standard InChI is InChI=1S/C17H22N4O/c1-11(2)12-3-5-13(6-4-12)14-9-15(14)17(22)18-8-7-16-19-10-20-21-16/h3-6,10-11,14-15H,7-9H2,1-2H3,(H,18,22)(H,19,20,21)/t14-,15-/m0/s1. The van der Waals surface area contributed by atoms with Gasteiger partial charge in [-0.3, -0.25) is 9.89 Å². The predicted octanol–water partition coefficient (Wildman–Crippen LogP) is 2.39. The van der Waals surface area contributed by atoms with Crippen LogP contribution in [-0.4, -0.2) is 27.6 Å². The zero-order valence-corrected chi connectivity index (χ0v) is 13.0. The van der Waals surface area contributed by atoms with Gasteiger partial charge in [-0.15, -0.1) is 0 Å². The SMILES string of the molecule is CC(C)c1ccc([C@@H]2C[C@@H]2C(=O)NCCc2ncn[nH]2)cc1. The third-order valence-electron chi connectivity index (χ3n) is 4.28. The van der Waals surface area contributed by atoms with Crippen LogP contribution in [0.2, 0.25) is 0 Å². The summed E-state index contributed by atoms with van der Waals surface area (Å²) in [6.45, 7) is 4.98. The largest absolute Gasteiger partial charge is 0.355 e. The number of benzene rings is 1. The van der Waals surface area contributed by atoms with Crippen LogP contribution in [0.15, 0.2) is 30.6 Å². The number of amides is 1. The van der Waals surface area contributed by atoms with Crippen molar-refractivity contribution < 1.29 is 4.79 Å². The number of H-pyrrole nitrogens is 1. The maximum absolute atomic E-state index is 12.1. The summed E-state index contributed by atoms with van der Waals surface area (Å²) in [6, 6.07) is 8.69. The van der Waals surface area contributed by atoms with Gasteiger partial charge in [0.15, 0.2) is 0 Å². The fourth-order valence-corrected chi connectivity index (χ4v) is 2.77. The third-order valence-corrected chi connectivity index (χ3v) is 4.28. The van der Waals surface area contributed by atoms with Crippen LogP contribution >= 0.6 is 0 Å². The molecule has 1 aromatic heterocycles. The van der Waals surface area contributed by atoms with E-state index in [0.717, 1.165) is 12.2 Å². The molecule has 2 N–H and O–H groups in total. The van der Waals surface area contributed by atoms with Crippen molar-refractivity contribution >= 4 is 5.91 Å². The van der Waals surface area contributed by atoms with Crippen molar-refractivity contribution in [3.05, 3.63) is 47.5 Å². The van der Waals surface area contributed by atoms with Crippen molar-refractivity contribution in [2.45, 2.75) is 38.5 Å². The van der Waals surface area contributed by atoms with E-state index in [1.165, 1.54) is 17.5 Å². The first kappa shape index (κ1) is 14.8. The lowest BCUT2D eigenvalue weighted by Gasteiger charge is -2.07. The van der Waals surface area contributed by atoms with Gasteiger partial charge in [0.05, 0.1) is 0 Å². The number of aromatic amines is 1. The Labute approximate surface area is 130 Å². The Kier molecular flexibility index (Phi) is 4.22. The predicted molar refractivity (Wildman–Crippen MR) is 84.5 cm³/mol. The van der Waals surface area contributed by atoms with Gasteiger partial charge in [-0.1, -0.05) is 38.1 Å². The molecule has 1 aromatic carbocycles. The number of hydrogen-bond acceptors (Lipinski definition) is 3. The molecule has 22 heavy (non-hydrogen) atoms. The van der Waals surface area contributed by atoms with Crippen LogP contribution in [0.5, 0.6) is 0 Å². The molecule has 2 atom stereocenters. The van der Waals surface area contributed by atoms with Crippen molar-refractivity contribution in [3.63, 3.8) is 0 Å². The van der Waals surface area contributed by atoms with Gasteiger partial charge in [-0.05, 0) is 29.4 Å². The van der Waals surface area contributed by atoms with Gasteiger partial charge in [0, 0.05) is 18.9 Å². The fraction of sp³-hybridized carbons (Fsp3) is 0.471. The minimum Gasteiger partial charge on any atom is -0.355 e. The van der Waals surface area contributed by atoms with E-state index >= 15 is 0 Å². The molecule has 1 amide bonds. The Hall–Kier alpha value is -2.17. The summed E-state index contributed by atoms with van der Waals surface area (Å²) in [7, 11) is 0. The van der Waals surface area contributed by atoms with Gasteiger partial charge < -0.3 is 5.32 Å². The maximum Gasteiger partial charge on any atom is 0.223 e. The van der Waals surface area contributed by atoms with Gasteiger partial charge in [-0.25, -0.2) is 4.98 Å². The number of nitrogens with one attached hydrogen (secondary N) is 2. The van der Waals surface area contributed by atoms with Crippen molar-refractivity contribution in [2.24, 2.45) is 5.92 Å². The highest BCUT2D eigenvalue weighted by Crippen LogP contribution is 2.47. The molecule has 5 heteroatoms. The number of hydrogen-bond donors (Lipinski definition) is 2. The van der Waals surface area contributed by atoms with Gasteiger partial charge in [0.1, 0.15) is 12.2 Å². The third kappa shape index (κ3) is 3.35. The zero-order chi connectivity index (χ0) is 15.5. The highest BCUT2D eigenvalue weighted by atomic mass is 16.2. The number of carbonyl (C=O) groups is 1. The molecule has 5 nitrogen and oxygen atoms in total. The van der Waals surface area contributed by atoms with Gasteiger partial charge in [0.2, 0.25) is 5.91 Å². The second kappa shape index (κ2) is 6.30. The molecule has 0 radical (unpaired) electrons. The first-order valence-corrected chi connectivity index (χ1v) is 7.87. The smallest absolute Gasteiger partial charge is 0.223 e. The van der Waals surface area contributed by atoms with E-state index in [4.69, 9.17) is 0 Å². The molecule has 1 aliphatic carbocycles. The van der Waals surface area contributed by atoms with Gasteiger partial charge in [-0.2, -0.15) is 5.10 Å². The van der Waals surface area contributed by atoms with Crippen LogP contribution in [0.25, 0.3) is 0 Å². The molecule has 1 fully saturated rings. The Balaban J connectivity index is 1.47. The average Bonchev–Trinajstić information content (AvgIpc) is 3.16. The summed E-state index contributed by atoms with van der Waals surface area (Å²) in [5, 5.41) is 9.57. The Morgan fingerprint density at radius 3 is 2.77 bits per heavy atom. The van der Waals surface area contributed by atoms with Gasteiger partial charge in [0.25, 0.3) is 0 Å². The molecule has 116 valence electrons. The van der Waals surface area contributed by atoms with Gasteiger partial charge >= 0.3 is 0 Å². The summed E-state index contributed by atoms with van der Waals surface area (Å²) in [6.07, 6.45) is 3.12. The normalized spacial score (nSPS) is 20.1. The van der Waals surface area contributed by atoms with E-state index in [1.54, 1.807) is 0 Å². The number of rotatable bonds is 6. The second-order valence-electron chi connectivity index (χ2n) is 6.24. The Morgan fingerprint density at radius 1 is 1.36 bits per heavy atom. The van der Waals surface area contributed by atoms with E-state index in [1.807, 2.05) is 0 Å². The van der Waals surface area contributed by atoms with Crippen molar-refractivity contribution in [1.82, 2.24) is 20.5 Å². The van der Waals surface area contributed by atoms with Crippen molar-refractivity contribution in [3.8, 4) is 0 Å². The highest BCUT2D eigenvalue weighted by Gasteiger charge is 2.43. The molecular weight excluding hydrogens is 276 g/mol. The maximum atomic E-state index is 12.1. The first-order chi connectivity index (χ1) is 10.6. The summed E-state index contributed by atoms with van der Waals surface area (Å²) in [5.41, 5.74) is 2.62. The lowest BCUT2D eigenvalue weighted by Crippen LogP contribution is -2.27. The average molecular weight is 298 g/mol. The first-order valence-electron chi connectivity index (χ1n) is 7.87. The lowest BCUT2D eigenvalue weighted by atomic mass is 10.00. The van der Waals surface area contributed by atoms with Crippen LogP contribution in [0, 0.1) is 5.92 Å². The molecule has 0 unspecified atom stereocenters. The topological polar surface area (TPSA) is 70.7 Å². The molecule has 0 saturated heterocycles. The van der Waals surface area contributed by atoms with E-state index < -0.39 is 0 Å². The zero-order valence-electron chi connectivity index (χ0n) is 13.0. The van der Waals surface area contributed by atoms with Crippen LogP contribution < -0.4 is 5.32 Å². The molecule has 3 rings (SSSR count). The summed E-state index contributed by atoms with van der Waals surface area (Å²) >= 11 is 0. The molecular formula is C17H22N4O. The quantitative estimate of drug-likeness (QED) is 0.860. The molecule has 1 aliphatic rings. The van der Waals surface area contributed by atoms with E-state index in [-0.39, 0.29) is 11.8 Å². The van der Waals surface area contributed by atoms with E-state index in [2.05, 4.69) is 58.6 Å². The monoisotopic (exact) mass is 298 g/mol.